The molecule has 6 rings (SSSR count). The molecule has 1 saturated heterocycles. The van der Waals surface area contributed by atoms with E-state index in [0.717, 1.165) is 5.56 Å². The third kappa shape index (κ3) is 7.23. The van der Waals surface area contributed by atoms with E-state index in [4.69, 9.17) is 4.74 Å². The van der Waals surface area contributed by atoms with Gasteiger partial charge in [-0.1, -0.05) is 51.1 Å². The molecule has 0 radical (unpaired) electrons. The molecule has 3 N–H and O–H groups in total. The molecule has 2 aliphatic heterocycles. The average molecular weight is 695 g/mol. The first-order valence-corrected chi connectivity index (χ1v) is 18.1. The van der Waals surface area contributed by atoms with Crippen LogP contribution in [-0.2, 0) is 29.1 Å². The highest BCUT2D eigenvalue weighted by Crippen LogP contribution is 2.46. The maximum atomic E-state index is 14.4. The molecular weight excluding hydrogens is 652 g/mol. The number of fused-ring (bicyclic) bond motifs is 8. The number of tetrazole rings is 1. The maximum Gasteiger partial charge on any atom is 0.407 e. The van der Waals surface area contributed by atoms with E-state index in [-0.39, 0.29) is 26.0 Å². The zero-order valence-electron chi connectivity index (χ0n) is 27.8. The summed E-state index contributed by atoms with van der Waals surface area (Å²) in [6.45, 7) is 9.28. The number of cyclic esters (lactones) is 1. The highest BCUT2D eigenvalue weighted by molar-refractivity contribution is 7.91. The van der Waals surface area contributed by atoms with Crippen molar-refractivity contribution in [3.05, 3.63) is 54.4 Å². The second-order valence-electron chi connectivity index (χ2n) is 14.3. The normalized spacial score (nSPS) is 28.2. The molecule has 3 fully saturated rings. The molecule has 2 aliphatic carbocycles. The minimum Gasteiger partial charge on any atom is -0.450 e. The number of rotatable bonds is 6. The van der Waals surface area contributed by atoms with Gasteiger partial charge in [0.1, 0.15) is 17.6 Å². The standard InChI is InChI=1S/C33H42N8O7S/c1-5-22-18-33(22,30(44)38-49(46,47)24-13-14-24)35-28(42)25-17-21-19-40(25)29(43)26(32(2,3)4)34-31(45)48-15-8-6-7-10-20-11-9-12-23(16-20)41-37-27(21)36-39-41/h5,7,9-12,16,21-22,24-26H,1,6,8,13-15,17-19H2,2-4H3,(H,34,45)(H,35,42)(H,38,44)/b10-7+/t21-,22-,25+,26-,33-/m1/s1. The number of alkyl carbamates (subject to hydrolysis) is 1. The van der Waals surface area contributed by atoms with Crippen LogP contribution in [0.4, 0.5) is 4.79 Å². The Bertz CT molecular complexity index is 1800. The van der Waals surface area contributed by atoms with Crippen LogP contribution >= 0.6 is 0 Å². The van der Waals surface area contributed by atoms with Crippen molar-refractivity contribution in [1.29, 1.82) is 0 Å². The molecule has 262 valence electrons. The number of ether oxygens (including phenoxy) is 1. The Morgan fingerprint density at radius 2 is 1.98 bits per heavy atom. The number of amides is 4. The minimum absolute atomic E-state index is 0.0227. The Balaban J connectivity index is 1.32. The summed E-state index contributed by atoms with van der Waals surface area (Å²) in [6.07, 6.45) is 7.05. The van der Waals surface area contributed by atoms with Crippen molar-refractivity contribution in [3.8, 4) is 5.69 Å². The molecule has 0 spiro atoms. The van der Waals surface area contributed by atoms with Gasteiger partial charge < -0.3 is 20.3 Å². The fraction of sp³-hybridized carbons (Fsp3) is 0.545. The van der Waals surface area contributed by atoms with E-state index in [0.29, 0.717) is 37.2 Å². The Kier molecular flexibility index (Phi) is 9.11. The highest BCUT2D eigenvalue weighted by atomic mass is 32.2. The summed E-state index contributed by atoms with van der Waals surface area (Å²) in [7, 11) is -3.88. The van der Waals surface area contributed by atoms with E-state index in [1.807, 2.05) is 36.4 Å². The van der Waals surface area contributed by atoms with Crippen molar-refractivity contribution in [2.45, 2.75) is 88.1 Å². The van der Waals surface area contributed by atoms with Crippen molar-refractivity contribution >= 4 is 39.9 Å². The van der Waals surface area contributed by atoms with Gasteiger partial charge in [-0.3, -0.25) is 19.1 Å². The Labute approximate surface area is 284 Å². The molecule has 2 aromatic rings. The zero-order valence-corrected chi connectivity index (χ0v) is 28.6. The first kappa shape index (κ1) is 34.3. The van der Waals surface area contributed by atoms with Gasteiger partial charge in [0.25, 0.3) is 5.91 Å². The summed E-state index contributed by atoms with van der Waals surface area (Å²) in [6, 6.07) is 5.35. The predicted octanol–water partition coefficient (Wildman–Crippen LogP) is 1.96. The Morgan fingerprint density at radius 3 is 2.67 bits per heavy atom. The summed E-state index contributed by atoms with van der Waals surface area (Å²) in [5.74, 6) is -2.74. The van der Waals surface area contributed by atoms with Crippen LogP contribution in [0.15, 0.2) is 43.0 Å². The summed E-state index contributed by atoms with van der Waals surface area (Å²) in [4.78, 5) is 57.6. The van der Waals surface area contributed by atoms with Crippen molar-refractivity contribution in [2.75, 3.05) is 13.2 Å². The highest BCUT2D eigenvalue weighted by Gasteiger charge is 2.62. The lowest BCUT2D eigenvalue weighted by molar-refractivity contribution is -0.142. The molecule has 1 aromatic heterocycles. The summed E-state index contributed by atoms with van der Waals surface area (Å²) >= 11 is 0. The number of benzene rings is 1. The van der Waals surface area contributed by atoms with Gasteiger partial charge in [0.15, 0.2) is 5.82 Å². The fourth-order valence-corrected chi connectivity index (χ4v) is 7.71. The molecule has 3 heterocycles. The SMILES string of the molecule is C=C[C@@H]1C[C@]1(NC(=O)[C@@H]1C[C@@H]2CN1C(=O)[C@H](C(C)(C)C)NC(=O)OCCC/C=C/c1cccc(c1)-n1nnc2n1)C(=O)NS(=O)(=O)C1CC1. The number of nitrogens with one attached hydrogen (secondary N) is 3. The van der Waals surface area contributed by atoms with Crippen molar-refractivity contribution in [3.63, 3.8) is 0 Å². The van der Waals surface area contributed by atoms with Crippen LogP contribution < -0.4 is 15.4 Å². The molecular formula is C33H42N8O7S. The van der Waals surface area contributed by atoms with E-state index < -0.39 is 74.0 Å². The third-order valence-corrected chi connectivity index (χ3v) is 11.3. The van der Waals surface area contributed by atoms with Gasteiger partial charge in [-0.05, 0) is 66.8 Å². The van der Waals surface area contributed by atoms with Crippen LogP contribution in [0.1, 0.15) is 76.6 Å². The number of nitrogens with zero attached hydrogens (tertiary/aromatic N) is 5. The van der Waals surface area contributed by atoms with Gasteiger partial charge in [0.05, 0.1) is 17.5 Å². The molecule has 4 aliphatic rings. The van der Waals surface area contributed by atoms with Crippen LogP contribution in [0, 0.1) is 11.3 Å². The minimum atomic E-state index is -3.88. The summed E-state index contributed by atoms with van der Waals surface area (Å²) in [5, 5.41) is 18.0. The van der Waals surface area contributed by atoms with Gasteiger partial charge in [0.2, 0.25) is 21.8 Å². The molecule has 4 amide bonds. The fourth-order valence-electron chi connectivity index (χ4n) is 6.34. The first-order valence-electron chi connectivity index (χ1n) is 16.5. The van der Waals surface area contributed by atoms with Gasteiger partial charge in [0, 0.05) is 18.4 Å². The first-order chi connectivity index (χ1) is 23.2. The van der Waals surface area contributed by atoms with Crippen LogP contribution in [-0.4, -0.2) is 93.4 Å². The smallest absolute Gasteiger partial charge is 0.407 e. The molecule has 5 atom stereocenters. The molecule has 16 heteroatoms. The molecule has 15 nitrogen and oxygen atoms in total. The monoisotopic (exact) mass is 694 g/mol. The maximum absolute atomic E-state index is 14.4. The second-order valence-corrected chi connectivity index (χ2v) is 16.2. The average Bonchev–Trinajstić information content (AvgIpc) is 3.92. The van der Waals surface area contributed by atoms with Gasteiger partial charge >= 0.3 is 6.09 Å². The van der Waals surface area contributed by atoms with Crippen molar-refractivity contribution in [2.24, 2.45) is 11.3 Å². The van der Waals surface area contributed by atoms with Gasteiger partial charge in [-0.2, -0.15) is 0 Å². The molecule has 2 saturated carbocycles. The van der Waals surface area contributed by atoms with Crippen LogP contribution in [0.2, 0.25) is 0 Å². The third-order valence-electron chi connectivity index (χ3n) is 9.46. The van der Waals surface area contributed by atoms with E-state index >= 15 is 0 Å². The lowest BCUT2D eigenvalue weighted by Gasteiger charge is -2.35. The molecule has 6 bridgehead atoms. The number of aromatic nitrogens is 4. The Hall–Kier alpha value is -4.60. The topological polar surface area (TPSA) is 195 Å². The molecule has 49 heavy (non-hydrogen) atoms. The quantitative estimate of drug-likeness (QED) is 0.376. The van der Waals surface area contributed by atoms with Gasteiger partial charge in [-0.25, -0.2) is 13.2 Å². The van der Waals surface area contributed by atoms with Crippen LogP contribution in [0.25, 0.3) is 11.8 Å². The largest absolute Gasteiger partial charge is 0.450 e. The lowest BCUT2D eigenvalue weighted by Crippen LogP contribution is -2.60. The van der Waals surface area contributed by atoms with E-state index in [1.165, 1.54) is 15.8 Å². The van der Waals surface area contributed by atoms with E-state index in [2.05, 4.69) is 37.3 Å². The van der Waals surface area contributed by atoms with Crippen molar-refractivity contribution in [1.82, 2.24) is 40.5 Å². The number of carbonyl (C=O) groups excluding carboxylic acids is 4. The number of hydrogen-bond donors (Lipinski definition) is 3. The van der Waals surface area contributed by atoms with Crippen LogP contribution in [0.5, 0.6) is 0 Å². The number of sulfonamides is 1. The predicted molar refractivity (Wildman–Crippen MR) is 177 cm³/mol. The van der Waals surface area contributed by atoms with Gasteiger partial charge in [-0.15, -0.1) is 21.6 Å². The van der Waals surface area contributed by atoms with Crippen LogP contribution in [0.3, 0.4) is 0 Å². The number of allylic oxidation sites excluding steroid dienone is 1. The lowest BCUT2D eigenvalue weighted by atomic mass is 9.85. The number of hydrogen-bond acceptors (Lipinski definition) is 10. The zero-order chi connectivity index (χ0) is 35.1. The van der Waals surface area contributed by atoms with Crippen molar-refractivity contribution < 1.29 is 32.3 Å². The van der Waals surface area contributed by atoms with E-state index in [1.54, 1.807) is 20.8 Å². The molecule has 0 unspecified atom stereocenters. The Morgan fingerprint density at radius 1 is 1.20 bits per heavy atom. The summed E-state index contributed by atoms with van der Waals surface area (Å²) < 4.78 is 32.8. The second kappa shape index (κ2) is 13.0. The molecule has 1 aromatic carbocycles. The summed E-state index contributed by atoms with van der Waals surface area (Å²) in [5.41, 5.74) is -0.741. The van der Waals surface area contributed by atoms with E-state index in [9.17, 15) is 27.6 Å². The number of carbonyl (C=O) groups is 4.